The number of hydrogen-bond acceptors (Lipinski definition) is 1. The van der Waals surface area contributed by atoms with Gasteiger partial charge in [0.2, 0.25) is 0 Å². The average molecular weight is 261 g/mol. The van der Waals surface area contributed by atoms with E-state index in [-0.39, 0.29) is 5.82 Å². The van der Waals surface area contributed by atoms with Gasteiger partial charge in [-0.3, -0.25) is 0 Å². The average Bonchev–Trinajstić information content (AvgIpc) is 2.18. The predicted molar refractivity (Wildman–Crippen MR) is 58.6 cm³/mol. The highest BCUT2D eigenvalue weighted by molar-refractivity contribution is 9.10. The molecule has 0 aromatic heterocycles. The molecular formula is C11H14BrFO. The molecule has 0 amide bonds. The van der Waals surface area contributed by atoms with Crippen LogP contribution in [-0.2, 0) is 0 Å². The smallest absolute Gasteiger partial charge is 0.137 e. The third-order valence-electron chi connectivity index (χ3n) is 2.16. The van der Waals surface area contributed by atoms with Crippen molar-refractivity contribution in [2.75, 3.05) is 0 Å². The maximum absolute atomic E-state index is 13.1. The van der Waals surface area contributed by atoms with Crippen molar-refractivity contribution in [2.45, 2.75) is 32.3 Å². The summed E-state index contributed by atoms with van der Waals surface area (Å²) >= 11 is 3.07. The van der Waals surface area contributed by atoms with Crippen molar-refractivity contribution in [1.82, 2.24) is 0 Å². The molecule has 1 aromatic carbocycles. The molecule has 1 aromatic rings. The summed E-state index contributed by atoms with van der Waals surface area (Å²) in [6, 6.07) is 4.75. The normalized spacial score (nSPS) is 12.9. The van der Waals surface area contributed by atoms with E-state index in [9.17, 15) is 9.50 Å². The molecule has 0 bridgehead atoms. The lowest BCUT2D eigenvalue weighted by molar-refractivity contribution is 0.164. The van der Waals surface area contributed by atoms with Crippen LogP contribution in [0.25, 0.3) is 0 Å². The van der Waals surface area contributed by atoms with Crippen LogP contribution >= 0.6 is 15.9 Å². The Balaban J connectivity index is 2.70. The monoisotopic (exact) mass is 260 g/mol. The number of hydrogen-bond donors (Lipinski definition) is 1. The number of benzene rings is 1. The topological polar surface area (TPSA) is 20.2 Å². The van der Waals surface area contributed by atoms with Gasteiger partial charge in [-0.05, 0) is 40.0 Å². The van der Waals surface area contributed by atoms with E-state index in [0.717, 1.165) is 12.8 Å². The van der Waals surface area contributed by atoms with Crippen molar-refractivity contribution >= 4 is 15.9 Å². The first-order valence-corrected chi connectivity index (χ1v) is 5.57. The Morgan fingerprint density at radius 2 is 2.21 bits per heavy atom. The molecule has 1 N–H and O–H groups in total. The summed E-state index contributed by atoms with van der Waals surface area (Å²) < 4.78 is 13.5. The maximum atomic E-state index is 13.1. The molecule has 0 fully saturated rings. The van der Waals surface area contributed by atoms with Crippen molar-refractivity contribution in [3.05, 3.63) is 34.1 Å². The van der Waals surface area contributed by atoms with Gasteiger partial charge < -0.3 is 5.11 Å². The van der Waals surface area contributed by atoms with Crippen LogP contribution < -0.4 is 0 Å². The van der Waals surface area contributed by atoms with E-state index in [1.165, 1.54) is 6.07 Å². The molecule has 0 aliphatic carbocycles. The molecule has 14 heavy (non-hydrogen) atoms. The second-order valence-electron chi connectivity index (χ2n) is 3.33. The summed E-state index contributed by atoms with van der Waals surface area (Å²) in [5.41, 5.74) is 0.652. The molecule has 1 nitrogen and oxygen atoms in total. The summed E-state index contributed by atoms with van der Waals surface area (Å²) in [6.07, 6.45) is 2.14. The number of unbranched alkanes of at least 4 members (excludes halogenated alkanes) is 1. The standard InChI is InChI=1S/C11H14BrFO/c1-2-3-4-11(14)8-5-6-9(12)10(13)7-8/h5-7,11,14H,2-4H2,1H3. The van der Waals surface area contributed by atoms with E-state index in [1.807, 2.05) is 0 Å². The predicted octanol–water partition coefficient (Wildman–Crippen LogP) is 3.81. The first-order chi connectivity index (χ1) is 6.65. The molecule has 0 spiro atoms. The molecule has 0 aliphatic heterocycles. The highest BCUT2D eigenvalue weighted by atomic mass is 79.9. The van der Waals surface area contributed by atoms with Gasteiger partial charge in [-0.15, -0.1) is 0 Å². The Morgan fingerprint density at radius 3 is 2.79 bits per heavy atom. The van der Waals surface area contributed by atoms with Crippen LogP contribution in [0.4, 0.5) is 4.39 Å². The van der Waals surface area contributed by atoms with Crippen LogP contribution in [0, 0.1) is 5.82 Å². The minimum absolute atomic E-state index is 0.321. The maximum Gasteiger partial charge on any atom is 0.137 e. The quantitative estimate of drug-likeness (QED) is 0.873. The fraction of sp³-hybridized carbons (Fsp3) is 0.455. The Labute approximate surface area is 92.1 Å². The first kappa shape index (κ1) is 11.7. The van der Waals surface area contributed by atoms with E-state index >= 15 is 0 Å². The Bertz CT molecular complexity index is 301. The molecule has 0 radical (unpaired) electrons. The van der Waals surface area contributed by atoms with Crippen LogP contribution in [0.15, 0.2) is 22.7 Å². The summed E-state index contributed by atoms with van der Waals surface area (Å²) in [4.78, 5) is 0. The third-order valence-corrected chi connectivity index (χ3v) is 2.80. The Hall–Kier alpha value is -0.410. The van der Waals surface area contributed by atoms with Crippen LogP contribution in [0.3, 0.4) is 0 Å². The zero-order valence-corrected chi connectivity index (χ0v) is 9.72. The van der Waals surface area contributed by atoms with Gasteiger partial charge in [-0.1, -0.05) is 25.8 Å². The van der Waals surface area contributed by atoms with Gasteiger partial charge in [-0.2, -0.15) is 0 Å². The lowest BCUT2D eigenvalue weighted by atomic mass is 10.0. The highest BCUT2D eigenvalue weighted by Gasteiger charge is 2.08. The molecule has 0 aliphatic rings. The molecule has 1 unspecified atom stereocenters. The van der Waals surface area contributed by atoms with Crippen molar-refractivity contribution < 1.29 is 9.50 Å². The summed E-state index contributed by atoms with van der Waals surface area (Å²) in [5, 5.41) is 9.68. The first-order valence-electron chi connectivity index (χ1n) is 4.78. The van der Waals surface area contributed by atoms with Crippen LogP contribution in [0.2, 0.25) is 0 Å². The van der Waals surface area contributed by atoms with Crippen molar-refractivity contribution in [3.8, 4) is 0 Å². The van der Waals surface area contributed by atoms with Crippen LogP contribution in [0.1, 0.15) is 37.9 Å². The lowest BCUT2D eigenvalue weighted by Crippen LogP contribution is -1.97. The Morgan fingerprint density at radius 1 is 1.50 bits per heavy atom. The van der Waals surface area contributed by atoms with Crippen molar-refractivity contribution in [3.63, 3.8) is 0 Å². The molecular weight excluding hydrogens is 247 g/mol. The molecule has 1 atom stereocenters. The zero-order valence-electron chi connectivity index (χ0n) is 8.13. The summed E-state index contributed by atoms with van der Waals surface area (Å²) in [6.45, 7) is 2.06. The van der Waals surface area contributed by atoms with E-state index in [1.54, 1.807) is 12.1 Å². The Kier molecular flexibility index (Phi) is 4.55. The SMILES string of the molecule is CCCCC(O)c1ccc(Br)c(F)c1. The largest absolute Gasteiger partial charge is 0.388 e. The van der Waals surface area contributed by atoms with Crippen molar-refractivity contribution in [2.24, 2.45) is 0 Å². The lowest BCUT2D eigenvalue weighted by Gasteiger charge is -2.10. The minimum Gasteiger partial charge on any atom is -0.388 e. The fourth-order valence-electron chi connectivity index (χ4n) is 1.28. The molecule has 78 valence electrons. The fourth-order valence-corrected chi connectivity index (χ4v) is 1.53. The molecule has 0 saturated heterocycles. The van der Waals surface area contributed by atoms with Gasteiger partial charge in [0.05, 0.1) is 10.6 Å². The number of aliphatic hydroxyl groups is 1. The van der Waals surface area contributed by atoms with Gasteiger partial charge in [-0.25, -0.2) is 4.39 Å². The van der Waals surface area contributed by atoms with Gasteiger partial charge in [0.15, 0.2) is 0 Å². The minimum atomic E-state index is -0.544. The number of rotatable bonds is 4. The third kappa shape index (κ3) is 3.07. The second-order valence-corrected chi connectivity index (χ2v) is 4.19. The molecule has 1 rings (SSSR count). The van der Waals surface area contributed by atoms with E-state index < -0.39 is 6.10 Å². The summed E-state index contributed by atoms with van der Waals surface area (Å²) in [5.74, 6) is -0.321. The second kappa shape index (κ2) is 5.47. The van der Waals surface area contributed by atoms with Gasteiger partial charge in [0.25, 0.3) is 0 Å². The molecule has 0 heterocycles. The number of halogens is 2. The van der Waals surface area contributed by atoms with E-state index in [4.69, 9.17) is 0 Å². The number of aliphatic hydroxyl groups excluding tert-OH is 1. The van der Waals surface area contributed by atoms with Gasteiger partial charge >= 0.3 is 0 Å². The van der Waals surface area contributed by atoms with Crippen LogP contribution in [-0.4, -0.2) is 5.11 Å². The van der Waals surface area contributed by atoms with Gasteiger partial charge in [0, 0.05) is 0 Å². The van der Waals surface area contributed by atoms with E-state index in [2.05, 4.69) is 22.9 Å². The highest BCUT2D eigenvalue weighted by Crippen LogP contribution is 2.23. The zero-order chi connectivity index (χ0) is 10.6. The molecule has 3 heteroatoms. The van der Waals surface area contributed by atoms with Gasteiger partial charge in [0.1, 0.15) is 5.82 Å². The van der Waals surface area contributed by atoms with Crippen LogP contribution in [0.5, 0.6) is 0 Å². The summed E-state index contributed by atoms with van der Waals surface area (Å²) in [7, 11) is 0. The molecule has 0 saturated carbocycles. The van der Waals surface area contributed by atoms with E-state index in [0.29, 0.717) is 16.5 Å². The van der Waals surface area contributed by atoms with Crippen molar-refractivity contribution in [1.29, 1.82) is 0 Å².